The van der Waals surface area contributed by atoms with Crippen molar-refractivity contribution in [3.05, 3.63) is 47.8 Å². The molecule has 2 aromatic rings. The first kappa shape index (κ1) is 10.5. The maximum atomic E-state index is 13.1. The molecule has 0 unspecified atom stereocenters. The van der Waals surface area contributed by atoms with E-state index in [1.54, 1.807) is 6.07 Å². The van der Waals surface area contributed by atoms with Crippen molar-refractivity contribution < 1.29 is 13.2 Å². The summed E-state index contributed by atoms with van der Waals surface area (Å²) in [6, 6.07) is 6.45. The molecule has 1 aliphatic rings. The van der Waals surface area contributed by atoms with Crippen LogP contribution in [0.15, 0.2) is 40.1 Å². The summed E-state index contributed by atoms with van der Waals surface area (Å²) in [6.45, 7) is 0. The zero-order valence-corrected chi connectivity index (χ0v) is 9.25. The van der Waals surface area contributed by atoms with Crippen LogP contribution in [0.2, 0.25) is 0 Å². The molecule has 0 radical (unpaired) electrons. The van der Waals surface area contributed by atoms with Crippen LogP contribution >= 0.6 is 11.8 Å². The molecule has 0 bridgehead atoms. The van der Waals surface area contributed by atoms with Crippen LogP contribution in [0.25, 0.3) is 0 Å². The fraction of sp³-hybridized carbons (Fsp3) is 0. The van der Waals surface area contributed by atoms with E-state index in [2.05, 4.69) is 5.32 Å². The number of rotatable bonds is 0. The molecule has 0 aromatic heterocycles. The van der Waals surface area contributed by atoms with Crippen LogP contribution in [-0.2, 0) is 0 Å². The highest BCUT2D eigenvalue weighted by atomic mass is 32.2. The second kappa shape index (κ2) is 3.70. The quantitative estimate of drug-likeness (QED) is 0.640. The van der Waals surface area contributed by atoms with E-state index in [1.165, 1.54) is 23.9 Å². The van der Waals surface area contributed by atoms with Gasteiger partial charge in [-0.3, -0.25) is 0 Å². The highest BCUT2D eigenvalue weighted by molar-refractivity contribution is 7.99. The minimum absolute atomic E-state index is 0.357. The molecule has 0 atom stereocenters. The fourth-order valence-corrected chi connectivity index (χ4v) is 2.68. The first-order valence-electron chi connectivity index (χ1n) is 4.87. The molecular weight excluding hydrogens is 247 g/mol. The third kappa shape index (κ3) is 1.76. The predicted octanol–water partition coefficient (Wildman–Crippen LogP) is 4.31. The molecule has 0 spiro atoms. The monoisotopic (exact) mass is 253 g/mol. The lowest BCUT2D eigenvalue weighted by atomic mass is 10.2. The maximum Gasteiger partial charge on any atom is 0.160 e. The van der Waals surface area contributed by atoms with Crippen LogP contribution in [0.5, 0.6) is 0 Å². The molecule has 17 heavy (non-hydrogen) atoms. The van der Waals surface area contributed by atoms with Gasteiger partial charge >= 0.3 is 0 Å². The van der Waals surface area contributed by atoms with E-state index in [0.717, 1.165) is 12.1 Å². The predicted molar refractivity (Wildman–Crippen MR) is 60.2 cm³/mol. The van der Waals surface area contributed by atoms with Crippen LogP contribution in [-0.4, -0.2) is 0 Å². The second-order valence-electron chi connectivity index (χ2n) is 3.63. The van der Waals surface area contributed by atoms with Crippen molar-refractivity contribution in [1.82, 2.24) is 0 Å². The van der Waals surface area contributed by atoms with Gasteiger partial charge in [-0.25, -0.2) is 13.2 Å². The number of fused-ring (bicyclic) bond motifs is 2. The molecule has 3 rings (SSSR count). The number of benzene rings is 2. The standard InChI is InChI=1S/C12H6F3NS/c13-6-1-2-9-11(3-6)17-12-5-8(15)7(14)4-10(12)16-9/h1-5,16H. The Hall–Kier alpha value is -1.62. The van der Waals surface area contributed by atoms with E-state index in [4.69, 9.17) is 0 Å². The Balaban J connectivity index is 2.11. The number of hydrogen-bond donors (Lipinski definition) is 1. The Morgan fingerprint density at radius 2 is 1.53 bits per heavy atom. The summed E-state index contributed by atoms with van der Waals surface area (Å²) in [6.07, 6.45) is 0. The van der Waals surface area contributed by atoms with Crippen molar-refractivity contribution in [3.8, 4) is 0 Å². The van der Waals surface area contributed by atoms with E-state index in [1.807, 2.05) is 0 Å². The van der Waals surface area contributed by atoms with Gasteiger partial charge in [-0.2, -0.15) is 0 Å². The molecular formula is C12H6F3NS. The molecule has 0 amide bonds. The summed E-state index contributed by atoms with van der Waals surface area (Å²) in [5, 5.41) is 2.94. The van der Waals surface area contributed by atoms with Crippen LogP contribution in [0.3, 0.4) is 0 Å². The van der Waals surface area contributed by atoms with Gasteiger partial charge in [0, 0.05) is 15.9 Å². The lowest BCUT2D eigenvalue weighted by Gasteiger charge is -2.20. The summed E-state index contributed by atoms with van der Waals surface area (Å²) in [7, 11) is 0. The van der Waals surface area contributed by atoms with Gasteiger partial charge in [-0.15, -0.1) is 0 Å². The smallest absolute Gasteiger partial charge is 0.160 e. The fourth-order valence-electron chi connectivity index (χ4n) is 1.66. The van der Waals surface area contributed by atoms with Gasteiger partial charge in [-0.1, -0.05) is 11.8 Å². The summed E-state index contributed by atoms with van der Waals surface area (Å²) < 4.78 is 39.2. The number of anilines is 2. The van der Waals surface area contributed by atoms with Crippen molar-refractivity contribution in [1.29, 1.82) is 0 Å². The Labute approximate surface area is 99.7 Å². The molecule has 1 nitrogen and oxygen atoms in total. The summed E-state index contributed by atoms with van der Waals surface area (Å²) in [4.78, 5) is 1.20. The van der Waals surface area contributed by atoms with Crippen molar-refractivity contribution in [2.45, 2.75) is 9.79 Å². The van der Waals surface area contributed by atoms with E-state index in [0.29, 0.717) is 21.2 Å². The first-order valence-corrected chi connectivity index (χ1v) is 5.68. The Morgan fingerprint density at radius 1 is 0.824 bits per heavy atom. The van der Waals surface area contributed by atoms with Crippen LogP contribution < -0.4 is 5.32 Å². The van der Waals surface area contributed by atoms with Crippen LogP contribution in [0, 0.1) is 17.5 Å². The Kier molecular flexibility index (Phi) is 2.29. The lowest BCUT2D eigenvalue weighted by Crippen LogP contribution is -2.01. The summed E-state index contributed by atoms with van der Waals surface area (Å²) >= 11 is 1.21. The molecule has 86 valence electrons. The Morgan fingerprint density at radius 3 is 2.35 bits per heavy atom. The van der Waals surface area contributed by atoms with Gasteiger partial charge in [0.25, 0.3) is 0 Å². The average molecular weight is 253 g/mol. The molecule has 0 saturated carbocycles. The largest absolute Gasteiger partial charge is 0.354 e. The minimum Gasteiger partial charge on any atom is -0.354 e. The molecule has 2 aromatic carbocycles. The van der Waals surface area contributed by atoms with E-state index in [9.17, 15) is 13.2 Å². The minimum atomic E-state index is -0.905. The van der Waals surface area contributed by atoms with Gasteiger partial charge in [-0.05, 0) is 24.3 Å². The lowest BCUT2D eigenvalue weighted by molar-refractivity contribution is 0.506. The molecule has 0 fully saturated rings. The van der Waals surface area contributed by atoms with Crippen molar-refractivity contribution in [2.24, 2.45) is 0 Å². The second-order valence-corrected chi connectivity index (χ2v) is 4.71. The number of halogens is 3. The number of nitrogens with one attached hydrogen (secondary N) is 1. The zero-order valence-electron chi connectivity index (χ0n) is 8.43. The molecule has 1 N–H and O–H groups in total. The highest BCUT2D eigenvalue weighted by Crippen LogP contribution is 2.44. The average Bonchev–Trinajstić information content (AvgIpc) is 2.28. The van der Waals surface area contributed by atoms with Gasteiger partial charge in [0.15, 0.2) is 11.6 Å². The van der Waals surface area contributed by atoms with Crippen molar-refractivity contribution in [3.63, 3.8) is 0 Å². The summed E-state index contributed by atoms with van der Waals surface area (Å²) in [5.41, 5.74) is 1.18. The van der Waals surface area contributed by atoms with Gasteiger partial charge in [0.2, 0.25) is 0 Å². The third-order valence-corrected chi connectivity index (χ3v) is 3.57. The molecule has 1 heterocycles. The molecule has 1 aliphatic heterocycles. The van der Waals surface area contributed by atoms with Crippen molar-refractivity contribution in [2.75, 3.05) is 5.32 Å². The maximum absolute atomic E-state index is 13.1. The van der Waals surface area contributed by atoms with Crippen LogP contribution in [0.4, 0.5) is 24.5 Å². The first-order chi connectivity index (χ1) is 8.13. The van der Waals surface area contributed by atoms with Crippen LogP contribution in [0.1, 0.15) is 0 Å². The molecule has 0 saturated heterocycles. The van der Waals surface area contributed by atoms with E-state index < -0.39 is 11.6 Å². The van der Waals surface area contributed by atoms with E-state index >= 15 is 0 Å². The topological polar surface area (TPSA) is 12.0 Å². The summed E-state index contributed by atoms with van der Waals surface area (Å²) in [5.74, 6) is -2.16. The van der Waals surface area contributed by atoms with Gasteiger partial charge < -0.3 is 5.32 Å². The van der Waals surface area contributed by atoms with Crippen molar-refractivity contribution >= 4 is 23.1 Å². The van der Waals surface area contributed by atoms with E-state index in [-0.39, 0.29) is 5.82 Å². The zero-order chi connectivity index (χ0) is 12.0. The third-order valence-electron chi connectivity index (χ3n) is 2.46. The normalized spacial score (nSPS) is 12.6. The van der Waals surface area contributed by atoms with Gasteiger partial charge in [0.1, 0.15) is 5.82 Å². The SMILES string of the molecule is Fc1ccc2c(c1)Sc1cc(F)c(F)cc1N2. The molecule has 5 heteroatoms. The highest BCUT2D eigenvalue weighted by Gasteiger charge is 2.18. The molecule has 0 aliphatic carbocycles. The number of hydrogen-bond acceptors (Lipinski definition) is 2. The Bertz CT molecular complexity index is 613. The van der Waals surface area contributed by atoms with Gasteiger partial charge in [0.05, 0.1) is 11.4 Å².